The number of benzene rings is 1. The Kier molecular flexibility index (Phi) is 5.23. The fourth-order valence-corrected chi connectivity index (χ4v) is 2.58. The van der Waals surface area contributed by atoms with Crippen LogP contribution in [0.5, 0.6) is 0 Å². The fraction of sp³-hybridized carbons (Fsp3) is 0.500. The third kappa shape index (κ3) is 3.42. The van der Waals surface area contributed by atoms with E-state index in [-0.39, 0.29) is 22.2 Å². The number of likely N-dealkylation sites (N-methyl/N-ethyl adjacent to an activating group) is 1. The van der Waals surface area contributed by atoms with Gasteiger partial charge in [-0.2, -0.15) is 0 Å². The smallest absolute Gasteiger partial charge is 0.167 e. The number of carbonyl (C=O) groups excluding carboxylic acids is 1. The highest BCUT2D eigenvalue weighted by Crippen LogP contribution is 2.23. The number of morpholine rings is 1. The van der Waals surface area contributed by atoms with Gasteiger partial charge < -0.3 is 4.74 Å². The van der Waals surface area contributed by atoms with Crippen molar-refractivity contribution < 1.29 is 18.3 Å². The van der Waals surface area contributed by atoms with Crippen LogP contribution in [0.1, 0.15) is 12.5 Å². The summed E-state index contributed by atoms with van der Waals surface area (Å²) in [5.41, 5.74) is -0.207. The molecule has 1 unspecified atom stereocenters. The molecule has 2 rings (SSSR count). The minimum absolute atomic E-state index is 0.154. The Morgan fingerprint density at radius 3 is 2.95 bits per heavy atom. The predicted octanol–water partition coefficient (Wildman–Crippen LogP) is 2.56. The van der Waals surface area contributed by atoms with Crippen molar-refractivity contribution in [1.29, 1.82) is 0 Å². The van der Waals surface area contributed by atoms with Crippen LogP contribution in [0.4, 0.5) is 8.78 Å². The lowest BCUT2D eigenvalue weighted by Crippen LogP contribution is -2.46. The van der Waals surface area contributed by atoms with Crippen LogP contribution in [0.2, 0.25) is 0 Å². The van der Waals surface area contributed by atoms with Crippen molar-refractivity contribution in [2.24, 2.45) is 0 Å². The first-order valence-corrected chi connectivity index (χ1v) is 7.31. The molecule has 0 radical (unpaired) electrons. The Balaban J connectivity index is 2.10. The summed E-state index contributed by atoms with van der Waals surface area (Å²) >= 11 is 2.99. The van der Waals surface area contributed by atoms with Crippen molar-refractivity contribution >= 4 is 21.7 Å². The van der Waals surface area contributed by atoms with Gasteiger partial charge in [0.25, 0.3) is 0 Å². The molecule has 3 nitrogen and oxygen atoms in total. The van der Waals surface area contributed by atoms with Crippen molar-refractivity contribution in [1.82, 2.24) is 4.90 Å². The summed E-state index contributed by atoms with van der Waals surface area (Å²) in [5.74, 6) is -1.72. The van der Waals surface area contributed by atoms with E-state index in [9.17, 15) is 13.6 Å². The standard InChI is InChI=1S/C14H16BrF2NO2/c1-2-18-5-6-20-13(8-18)12(19)7-9-11(16)4-3-10(15)14(9)17/h3-4,13H,2,5-8H2,1H3. The maximum Gasteiger partial charge on any atom is 0.167 e. The van der Waals surface area contributed by atoms with E-state index in [4.69, 9.17) is 4.74 Å². The third-order valence-corrected chi connectivity index (χ3v) is 4.06. The Bertz CT molecular complexity index is 510. The van der Waals surface area contributed by atoms with Gasteiger partial charge in [0.1, 0.15) is 17.7 Å². The van der Waals surface area contributed by atoms with Gasteiger partial charge in [-0.05, 0) is 34.6 Å². The van der Waals surface area contributed by atoms with E-state index >= 15 is 0 Å². The zero-order valence-electron chi connectivity index (χ0n) is 11.2. The zero-order chi connectivity index (χ0) is 14.7. The minimum atomic E-state index is -0.721. The second-order valence-electron chi connectivity index (χ2n) is 4.72. The normalized spacial score (nSPS) is 20.1. The molecule has 0 saturated carbocycles. The van der Waals surface area contributed by atoms with Gasteiger partial charge in [0, 0.05) is 25.1 Å². The number of hydrogen-bond acceptors (Lipinski definition) is 3. The minimum Gasteiger partial charge on any atom is -0.368 e. The summed E-state index contributed by atoms with van der Waals surface area (Å²) in [6.07, 6.45) is -0.902. The largest absolute Gasteiger partial charge is 0.368 e. The highest BCUT2D eigenvalue weighted by Gasteiger charge is 2.27. The molecule has 110 valence electrons. The summed E-state index contributed by atoms with van der Waals surface area (Å²) in [7, 11) is 0. The highest BCUT2D eigenvalue weighted by atomic mass is 79.9. The van der Waals surface area contributed by atoms with Crippen molar-refractivity contribution in [3.63, 3.8) is 0 Å². The molecular formula is C14H16BrF2NO2. The first-order chi connectivity index (χ1) is 9.52. The maximum atomic E-state index is 13.8. The summed E-state index contributed by atoms with van der Waals surface area (Å²) < 4.78 is 33.0. The summed E-state index contributed by atoms with van der Waals surface area (Å²) in [5, 5.41) is 0. The molecule has 0 aromatic heterocycles. The average Bonchev–Trinajstić information content (AvgIpc) is 2.47. The zero-order valence-corrected chi connectivity index (χ0v) is 12.8. The number of hydrogen-bond donors (Lipinski definition) is 0. The van der Waals surface area contributed by atoms with E-state index in [1.165, 1.54) is 6.07 Å². The molecule has 0 amide bonds. The van der Waals surface area contributed by atoms with Crippen molar-refractivity contribution in [2.45, 2.75) is 19.4 Å². The van der Waals surface area contributed by atoms with Crippen LogP contribution in [-0.4, -0.2) is 43.0 Å². The number of carbonyl (C=O) groups is 1. The molecule has 0 spiro atoms. The highest BCUT2D eigenvalue weighted by molar-refractivity contribution is 9.10. The van der Waals surface area contributed by atoms with Crippen LogP contribution < -0.4 is 0 Å². The predicted molar refractivity (Wildman–Crippen MR) is 74.6 cm³/mol. The SMILES string of the molecule is CCN1CCOC(C(=O)Cc2c(F)ccc(Br)c2F)C1. The quantitative estimate of drug-likeness (QED) is 0.784. The fourth-order valence-electron chi connectivity index (χ4n) is 2.20. The molecule has 0 bridgehead atoms. The second kappa shape index (κ2) is 6.74. The molecular weight excluding hydrogens is 332 g/mol. The third-order valence-electron chi connectivity index (χ3n) is 3.45. The van der Waals surface area contributed by atoms with E-state index < -0.39 is 17.7 Å². The Hall–Kier alpha value is -0.850. The first kappa shape index (κ1) is 15.5. The molecule has 1 fully saturated rings. The molecule has 1 aliphatic rings. The van der Waals surface area contributed by atoms with Crippen LogP contribution in [-0.2, 0) is 16.0 Å². The molecule has 0 N–H and O–H groups in total. The second-order valence-corrected chi connectivity index (χ2v) is 5.57. The molecule has 1 atom stereocenters. The molecule has 1 saturated heterocycles. The Morgan fingerprint density at radius 2 is 2.25 bits per heavy atom. The summed E-state index contributed by atoms with van der Waals surface area (Å²) in [6, 6.07) is 2.43. The van der Waals surface area contributed by atoms with Crippen LogP contribution in [0, 0.1) is 11.6 Å². The van der Waals surface area contributed by atoms with Gasteiger partial charge in [0.05, 0.1) is 11.1 Å². The van der Waals surface area contributed by atoms with Crippen molar-refractivity contribution in [3.05, 3.63) is 33.8 Å². The van der Waals surface area contributed by atoms with E-state index in [2.05, 4.69) is 20.8 Å². The van der Waals surface area contributed by atoms with Gasteiger partial charge >= 0.3 is 0 Å². The number of ether oxygens (including phenoxy) is 1. The molecule has 1 aliphatic heterocycles. The lowest BCUT2D eigenvalue weighted by atomic mass is 10.0. The van der Waals surface area contributed by atoms with E-state index in [1.54, 1.807) is 0 Å². The topological polar surface area (TPSA) is 29.5 Å². The molecule has 1 heterocycles. The van der Waals surface area contributed by atoms with Gasteiger partial charge in [0.2, 0.25) is 0 Å². The van der Waals surface area contributed by atoms with Gasteiger partial charge in [-0.1, -0.05) is 6.92 Å². The van der Waals surface area contributed by atoms with Crippen LogP contribution in [0.3, 0.4) is 0 Å². The van der Waals surface area contributed by atoms with E-state index in [0.29, 0.717) is 13.2 Å². The average molecular weight is 348 g/mol. The summed E-state index contributed by atoms with van der Waals surface area (Å²) in [4.78, 5) is 14.2. The van der Waals surface area contributed by atoms with Gasteiger partial charge in [-0.3, -0.25) is 9.69 Å². The Labute approximate surface area is 125 Å². The number of Topliss-reactive ketones (excluding diaryl/α,β-unsaturated/α-hetero) is 1. The molecule has 20 heavy (non-hydrogen) atoms. The van der Waals surface area contributed by atoms with E-state index in [0.717, 1.165) is 19.2 Å². The summed E-state index contributed by atoms with van der Waals surface area (Å²) in [6.45, 7) is 4.55. The van der Waals surface area contributed by atoms with E-state index in [1.807, 2.05) is 6.92 Å². The maximum absolute atomic E-state index is 13.8. The number of ketones is 1. The van der Waals surface area contributed by atoms with Crippen LogP contribution >= 0.6 is 15.9 Å². The number of halogens is 3. The lowest BCUT2D eigenvalue weighted by Gasteiger charge is -2.31. The molecule has 0 aliphatic carbocycles. The van der Waals surface area contributed by atoms with Crippen molar-refractivity contribution in [3.8, 4) is 0 Å². The van der Waals surface area contributed by atoms with Crippen molar-refractivity contribution in [2.75, 3.05) is 26.2 Å². The lowest BCUT2D eigenvalue weighted by molar-refractivity contribution is -0.135. The first-order valence-electron chi connectivity index (χ1n) is 6.52. The van der Waals surface area contributed by atoms with Crippen LogP contribution in [0.15, 0.2) is 16.6 Å². The monoisotopic (exact) mass is 347 g/mol. The van der Waals surface area contributed by atoms with Gasteiger partial charge in [0.15, 0.2) is 5.78 Å². The Morgan fingerprint density at radius 1 is 1.50 bits per heavy atom. The van der Waals surface area contributed by atoms with Crippen LogP contribution in [0.25, 0.3) is 0 Å². The number of rotatable bonds is 4. The molecule has 6 heteroatoms. The molecule has 1 aromatic rings. The molecule has 1 aromatic carbocycles. The number of nitrogens with zero attached hydrogens (tertiary/aromatic N) is 1. The van der Waals surface area contributed by atoms with Gasteiger partial charge in [-0.25, -0.2) is 8.78 Å². The van der Waals surface area contributed by atoms with Gasteiger partial charge in [-0.15, -0.1) is 0 Å².